The average molecular weight is 712 g/mol. The summed E-state index contributed by atoms with van der Waals surface area (Å²) in [6, 6.07) is 8.33. The minimum atomic E-state index is -4.88. The third-order valence-electron chi connectivity index (χ3n) is 5.46. The molecule has 0 fully saturated rings. The quantitative estimate of drug-likeness (QED) is 0.121. The van der Waals surface area contributed by atoms with Gasteiger partial charge in [0.05, 0.1) is 32.7 Å². The van der Waals surface area contributed by atoms with Gasteiger partial charge < -0.3 is 15.7 Å². The molecule has 4 aromatic rings. The van der Waals surface area contributed by atoms with Crippen molar-refractivity contribution in [3.05, 3.63) is 53.8 Å². The van der Waals surface area contributed by atoms with E-state index in [0.717, 1.165) is 24.3 Å². The molecule has 6 N–H and O–H groups in total. The zero-order valence-electron chi connectivity index (χ0n) is 21.3. The van der Waals surface area contributed by atoms with Crippen molar-refractivity contribution in [1.29, 1.82) is 0 Å². The first kappa shape index (κ1) is 33.2. The largest absolute Gasteiger partial charge is 0.507 e. The molecule has 0 saturated heterocycles. The fraction of sp³-hybridized carbons (Fsp3) is 0.0952. The Morgan fingerprint density at radius 1 is 0.750 bits per heavy atom. The van der Waals surface area contributed by atoms with E-state index in [2.05, 4.69) is 29.8 Å². The predicted octanol–water partition coefficient (Wildman–Crippen LogP) is 1.96. The molecular weight excluding hydrogens is 694 g/mol. The van der Waals surface area contributed by atoms with Crippen molar-refractivity contribution in [3.63, 3.8) is 0 Å². The van der Waals surface area contributed by atoms with Gasteiger partial charge in [-0.3, -0.25) is 13.7 Å². The first-order chi connectivity index (χ1) is 20.2. The zero-order valence-corrected chi connectivity index (χ0v) is 25.4. The van der Waals surface area contributed by atoms with Gasteiger partial charge in [0.25, 0.3) is 20.2 Å². The minimum Gasteiger partial charge on any atom is -0.507 e. The van der Waals surface area contributed by atoms with E-state index in [9.17, 15) is 47.9 Å². The number of rotatable bonds is 11. The number of hydrogen-bond acceptors (Lipinski definition) is 15. The van der Waals surface area contributed by atoms with E-state index in [1.807, 2.05) is 0 Å². The number of nitrogens with one attached hydrogen (secondary N) is 2. The normalized spacial score (nSPS) is 12.7. The molecule has 0 aliphatic rings. The Morgan fingerprint density at radius 3 is 1.93 bits per heavy atom. The van der Waals surface area contributed by atoms with Crippen LogP contribution in [-0.4, -0.2) is 79.7 Å². The maximum absolute atomic E-state index is 12.6. The van der Waals surface area contributed by atoms with Gasteiger partial charge in [0.15, 0.2) is 9.84 Å². The average Bonchev–Trinajstić information content (AvgIpc) is 2.86. The molecule has 0 amide bonds. The van der Waals surface area contributed by atoms with Crippen LogP contribution in [0.3, 0.4) is 0 Å². The third kappa shape index (κ3) is 8.25. The molecule has 0 spiro atoms. The Kier molecular flexibility index (Phi) is 9.03. The second-order valence-electron chi connectivity index (χ2n) is 8.56. The van der Waals surface area contributed by atoms with Crippen molar-refractivity contribution in [1.82, 2.24) is 15.0 Å². The number of halogens is 1. The fourth-order valence-corrected chi connectivity index (χ4v) is 6.45. The summed E-state index contributed by atoms with van der Waals surface area (Å²) in [6.07, 6.45) is 0. The van der Waals surface area contributed by atoms with Crippen molar-refractivity contribution in [2.24, 2.45) is 0 Å². The van der Waals surface area contributed by atoms with Crippen LogP contribution in [0, 0.1) is 0 Å². The van der Waals surface area contributed by atoms with Gasteiger partial charge in [0.2, 0.25) is 17.2 Å². The zero-order chi connectivity index (χ0) is 32.7. The van der Waals surface area contributed by atoms with E-state index in [1.54, 1.807) is 0 Å². The number of aromatic hydroxyl groups is 1. The predicted molar refractivity (Wildman–Crippen MR) is 153 cm³/mol. The minimum absolute atomic E-state index is 0.101. The summed E-state index contributed by atoms with van der Waals surface area (Å²) < 4.78 is 125. The first-order valence-electron chi connectivity index (χ1n) is 11.4. The molecule has 18 nitrogen and oxygen atoms in total. The summed E-state index contributed by atoms with van der Waals surface area (Å²) in [6.45, 7) is -0.850. The smallest absolute Gasteiger partial charge is 0.397 e. The molecule has 0 aliphatic heterocycles. The van der Waals surface area contributed by atoms with E-state index in [0.29, 0.717) is 6.07 Å². The molecule has 0 bridgehead atoms. The number of phenols is 1. The fourth-order valence-electron chi connectivity index (χ4n) is 3.68. The van der Waals surface area contributed by atoms with Gasteiger partial charge in [-0.15, -0.1) is 0 Å². The number of nitrogens with zero attached hydrogens (tertiary/aromatic N) is 3. The Balaban J connectivity index is 1.70. The highest BCUT2D eigenvalue weighted by atomic mass is 35.5. The summed E-state index contributed by atoms with van der Waals surface area (Å²) in [5, 5.41) is 15.0. The molecule has 1 aromatic heterocycles. The number of anilines is 4. The summed E-state index contributed by atoms with van der Waals surface area (Å²) in [5.74, 6) is -2.16. The number of sulfone groups is 1. The molecule has 44 heavy (non-hydrogen) atoms. The summed E-state index contributed by atoms with van der Waals surface area (Å²) in [5.41, 5.74) is -0.160. The van der Waals surface area contributed by atoms with Gasteiger partial charge in [0.1, 0.15) is 5.75 Å². The highest BCUT2D eigenvalue weighted by molar-refractivity contribution is 7.91. The van der Waals surface area contributed by atoms with Crippen LogP contribution in [0.1, 0.15) is 0 Å². The molecule has 0 aliphatic carbocycles. The van der Waals surface area contributed by atoms with Crippen LogP contribution in [0.4, 0.5) is 23.3 Å². The monoisotopic (exact) mass is 711 g/mol. The topological polar surface area (TPSA) is 289 Å². The Bertz CT molecular complexity index is 2230. The van der Waals surface area contributed by atoms with E-state index in [-0.39, 0.29) is 38.9 Å². The van der Waals surface area contributed by atoms with Gasteiger partial charge in [-0.2, -0.15) is 40.2 Å². The lowest BCUT2D eigenvalue weighted by Gasteiger charge is -2.14. The summed E-state index contributed by atoms with van der Waals surface area (Å²) >= 11 is 6.00. The van der Waals surface area contributed by atoms with Gasteiger partial charge in [-0.25, -0.2) is 12.6 Å². The molecule has 0 atom stereocenters. The van der Waals surface area contributed by atoms with Gasteiger partial charge in [-0.05, 0) is 53.4 Å². The molecule has 0 unspecified atom stereocenters. The van der Waals surface area contributed by atoms with Gasteiger partial charge in [0, 0.05) is 17.1 Å². The van der Waals surface area contributed by atoms with E-state index in [1.165, 1.54) is 18.2 Å². The first-order valence-corrected chi connectivity index (χ1v) is 17.6. The number of benzene rings is 3. The maximum atomic E-state index is 12.6. The van der Waals surface area contributed by atoms with Gasteiger partial charge in [-0.1, -0.05) is 6.07 Å². The number of aromatic nitrogens is 3. The van der Waals surface area contributed by atoms with Gasteiger partial charge >= 0.3 is 10.4 Å². The third-order valence-corrected chi connectivity index (χ3v) is 9.43. The van der Waals surface area contributed by atoms with Crippen molar-refractivity contribution in [2.75, 3.05) is 23.0 Å². The van der Waals surface area contributed by atoms with Crippen LogP contribution < -0.4 is 10.6 Å². The summed E-state index contributed by atoms with van der Waals surface area (Å²) in [7, 11) is -18.6. The number of phenolic OH excluding ortho intramolecular Hbond substituents is 1. The second kappa shape index (κ2) is 12.0. The SMILES string of the molecule is O=S(=O)(O)OCCS(=O)(=O)c1cccc(Nc2nc(Cl)nc(Nc3cc(S(=O)(=O)O)cc4cc(S(=O)(=O)O)cc(O)c34)n2)c1. The van der Waals surface area contributed by atoms with Crippen LogP contribution >= 0.6 is 11.6 Å². The van der Waals surface area contributed by atoms with Crippen molar-refractivity contribution >= 4 is 86.1 Å². The van der Waals surface area contributed by atoms with Crippen LogP contribution in [0.2, 0.25) is 5.28 Å². The molecular formula is C21H18ClN5O13S4. The highest BCUT2D eigenvalue weighted by Crippen LogP contribution is 2.37. The highest BCUT2D eigenvalue weighted by Gasteiger charge is 2.21. The van der Waals surface area contributed by atoms with Crippen LogP contribution in [-0.2, 0) is 44.7 Å². The molecule has 4 rings (SSSR count). The lowest BCUT2D eigenvalue weighted by atomic mass is 10.1. The number of hydrogen-bond donors (Lipinski definition) is 6. The van der Waals surface area contributed by atoms with Crippen molar-refractivity contribution in [3.8, 4) is 5.75 Å². The van der Waals surface area contributed by atoms with Crippen LogP contribution in [0.25, 0.3) is 10.8 Å². The molecule has 23 heteroatoms. The Hall–Kier alpha value is -3.74. The number of fused-ring (bicyclic) bond motifs is 1. The molecule has 1 heterocycles. The Labute approximate surface area is 254 Å². The van der Waals surface area contributed by atoms with Crippen LogP contribution in [0.15, 0.2) is 63.2 Å². The summed E-state index contributed by atoms with van der Waals surface area (Å²) in [4.78, 5) is 9.99. The lowest BCUT2D eigenvalue weighted by Crippen LogP contribution is -2.15. The maximum Gasteiger partial charge on any atom is 0.397 e. The van der Waals surface area contributed by atoms with Crippen molar-refractivity contribution < 1.29 is 56.6 Å². The van der Waals surface area contributed by atoms with E-state index in [4.69, 9.17) is 16.2 Å². The van der Waals surface area contributed by atoms with Crippen molar-refractivity contribution in [2.45, 2.75) is 14.7 Å². The van der Waals surface area contributed by atoms with Crippen LogP contribution in [0.5, 0.6) is 5.75 Å². The molecule has 3 aromatic carbocycles. The molecule has 0 saturated carbocycles. The van der Waals surface area contributed by atoms with E-state index >= 15 is 0 Å². The lowest BCUT2D eigenvalue weighted by molar-refractivity contribution is 0.284. The standard InChI is InChI=1S/C21H18ClN5O13S4/c22-19-25-20(23-12-2-1-3-13(8-12)41(29,30)5-4-40-44(37,38)39)27-21(26-19)24-16-9-14(42(31,32)33)6-11-7-15(43(34,35)36)10-17(28)18(11)16/h1-3,6-10,28H,4-5H2,(H,31,32,33)(H,34,35,36)(H,37,38,39)(H2,23,24,25,26,27). The molecule has 236 valence electrons. The molecule has 0 radical (unpaired) electrons. The second-order valence-corrected chi connectivity index (χ2v) is 14.9. The Morgan fingerprint density at radius 2 is 1.34 bits per heavy atom. The van der Waals surface area contributed by atoms with E-state index < -0.39 is 73.7 Å².